The van der Waals surface area contributed by atoms with Crippen molar-refractivity contribution in [3.8, 4) is 123 Å². The first-order chi connectivity index (χ1) is 62.0. The fourth-order valence-electron chi connectivity index (χ4n) is 20.7. The predicted octanol–water partition coefficient (Wildman–Crippen LogP) is 34.2. The minimum absolute atomic E-state index is 0.0827. The average molecular weight is 1630 g/mol. The van der Waals surface area contributed by atoms with Crippen molar-refractivity contribution >= 4 is 88.2 Å². The summed E-state index contributed by atoms with van der Waals surface area (Å²) in [6.07, 6.45) is 0. The summed E-state index contributed by atoms with van der Waals surface area (Å²) < 4.78 is 5.00. The van der Waals surface area contributed by atoms with Gasteiger partial charge in [0, 0.05) is 83.6 Å². The lowest BCUT2D eigenvalue weighted by Crippen LogP contribution is -2.15. The van der Waals surface area contributed by atoms with Gasteiger partial charge in [-0.3, -0.25) is 0 Å². The van der Waals surface area contributed by atoms with E-state index in [9.17, 15) is 0 Å². The van der Waals surface area contributed by atoms with E-state index in [1.165, 1.54) is 199 Å². The maximum atomic E-state index is 2.54. The third-order valence-corrected chi connectivity index (χ3v) is 27.2. The minimum Gasteiger partial charge on any atom is -0.311 e. The van der Waals surface area contributed by atoms with Gasteiger partial charge in [0.25, 0.3) is 0 Å². The molecule has 0 spiro atoms. The van der Waals surface area contributed by atoms with Gasteiger partial charge in [0.05, 0.1) is 28.1 Å². The average Bonchev–Trinajstić information content (AvgIpc) is 1.54. The molecular weight excluding hydrogens is 1530 g/mol. The lowest BCUT2D eigenvalue weighted by atomic mass is 9.82. The van der Waals surface area contributed by atoms with E-state index >= 15 is 0 Å². The van der Waals surface area contributed by atoms with Crippen LogP contribution in [0, 0.1) is 0 Å². The molecule has 3 aliphatic carbocycles. The van der Waals surface area contributed by atoms with Crippen LogP contribution in [0.15, 0.2) is 425 Å². The van der Waals surface area contributed by atoms with Gasteiger partial charge in [0.15, 0.2) is 0 Å². The lowest BCUT2D eigenvalue weighted by Gasteiger charge is -2.28. The van der Waals surface area contributed by atoms with E-state index in [1.807, 2.05) is 0 Å². The van der Waals surface area contributed by atoms with Gasteiger partial charge in [0.1, 0.15) is 0 Å². The second-order valence-electron chi connectivity index (χ2n) is 37.2. The summed E-state index contributed by atoms with van der Waals surface area (Å²) in [5, 5.41) is 10.2. The highest BCUT2D eigenvalue weighted by Crippen LogP contribution is 2.57. The van der Waals surface area contributed by atoms with Crippen LogP contribution in [-0.2, 0) is 16.2 Å². The van der Waals surface area contributed by atoms with Crippen LogP contribution >= 0.6 is 0 Å². The molecule has 19 aromatic carbocycles. The van der Waals surface area contributed by atoms with Crippen LogP contribution in [0.2, 0.25) is 0 Å². The Morgan fingerprint density at radius 3 is 1.08 bits per heavy atom. The van der Waals surface area contributed by atoms with Gasteiger partial charge < -0.3 is 18.9 Å². The normalized spacial score (nSPS) is 12.6. The maximum Gasteiger partial charge on any atom is 0.0626 e. The Bertz CT molecular complexity index is 7850. The molecule has 0 radical (unpaired) electrons. The van der Waals surface area contributed by atoms with E-state index in [4.69, 9.17) is 0 Å². The zero-order valence-corrected chi connectivity index (χ0v) is 72.7. The summed E-state index contributed by atoms with van der Waals surface area (Å²) >= 11 is 0. The Morgan fingerprint density at radius 1 is 0.228 bits per heavy atom. The fourth-order valence-corrected chi connectivity index (χ4v) is 20.7. The molecule has 2 heterocycles. The Balaban J connectivity index is 0.000000146. The van der Waals surface area contributed by atoms with Gasteiger partial charge in [-0.05, 0) is 265 Å². The molecular formula is C123H94N4. The van der Waals surface area contributed by atoms with Gasteiger partial charge in [-0.25, -0.2) is 0 Å². The number of hydrogen-bond donors (Lipinski definition) is 0. The number of aromatic nitrogens is 2. The molecule has 0 amide bonds. The second-order valence-corrected chi connectivity index (χ2v) is 37.2. The Labute approximate surface area is 743 Å². The minimum atomic E-state index is -0.0916. The molecule has 606 valence electrons. The highest BCUT2D eigenvalue weighted by atomic mass is 15.1. The van der Waals surface area contributed by atoms with Crippen molar-refractivity contribution in [1.29, 1.82) is 0 Å². The van der Waals surface area contributed by atoms with E-state index in [2.05, 4.69) is 499 Å². The van der Waals surface area contributed by atoms with Crippen molar-refractivity contribution in [3.63, 3.8) is 0 Å². The molecule has 0 atom stereocenters. The van der Waals surface area contributed by atoms with E-state index in [-0.39, 0.29) is 16.2 Å². The predicted molar refractivity (Wildman–Crippen MR) is 539 cm³/mol. The zero-order valence-electron chi connectivity index (χ0n) is 72.7. The van der Waals surface area contributed by atoms with Gasteiger partial charge in [-0.2, -0.15) is 0 Å². The second kappa shape index (κ2) is 30.0. The van der Waals surface area contributed by atoms with Crippen LogP contribution in [0.4, 0.5) is 34.1 Å². The van der Waals surface area contributed by atoms with Gasteiger partial charge >= 0.3 is 0 Å². The Kier molecular flexibility index (Phi) is 18.1. The molecule has 3 aliphatic rings. The fraction of sp³-hybridized carbons (Fsp3) is 0.0894. The van der Waals surface area contributed by atoms with Crippen molar-refractivity contribution in [1.82, 2.24) is 9.13 Å². The molecule has 0 unspecified atom stereocenters. The molecule has 21 aromatic rings. The Morgan fingerprint density at radius 2 is 0.575 bits per heavy atom. The molecule has 0 fully saturated rings. The van der Waals surface area contributed by atoms with Gasteiger partial charge in [-0.15, -0.1) is 0 Å². The summed E-state index contributed by atoms with van der Waals surface area (Å²) in [5.41, 5.74) is 42.2. The first kappa shape index (κ1) is 76.5. The number of para-hydroxylation sites is 1. The summed E-state index contributed by atoms with van der Waals surface area (Å²) in [7, 11) is 0. The smallest absolute Gasteiger partial charge is 0.0626 e. The third kappa shape index (κ3) is 12.9. The number of nitrogens with zero attached hydrogens (tertiary/aromatic N) is 4. The summed E-state index contributed by atoms with van der Waals surface area (Å²) in [6, 6.07) is 157. The zero-order chi connectivity index (χ0) is 85.6. The topological polar surface area (TPSA) is 16.3 Å². The molecule has 0 N–H and O–H groups in total. The van der Waals surface area contributed by atoms with Crippen LogP contribution in [0.25, 0.3) is 177 Å². The molecule has 0 saturated heterocycles. The lowest BCUT2D eigenvalue weighted by molar-refractivity contribution is 0.590. The van der Waals surface area contributed by atoms with Crippen molar-refractivity contribution in [2.75, 3.05) is 9.80 Å². The summed E-state index contributed by atoms with van der Waals surface area (Å²) in [6.45, 7) is 18.4. The quantitative estimate of drug-likeness (QED) is 0.114. The van der Waals surface area contributed by atoms with Crippen molar-refractivity contribution < 1.29 is 0 Å². The molecule has 0 aliphatic heterocycles. The number of rotatable bonds is 13. The standard InChI is InChI=1S/C65H56N2.C58H38N2/c1-63(2,3)46-25-31-49(32-26-46)66(50-33-27-47(28-34-50)64(4,5)6)48-29-22-41(23-30-48)43-16-11-17-44(38-43)45-24-37-59-56(39-45)61-54-19-12-14-42-15-13-20-55(60(42)54)62(61)67(59)51-35-36-53-52-18-9-10-21-57(52)65(7,8)58(53)40-51;1-3-13-39(14-4-1)40-27-32-48(33-28-40)59(54-26-12-16-42-15-7-8-23-50(42)54)49-34-29-41(30-35-49)44-19-9-20-45(37-44)46-31-36-55-53(38-46)57-51-24-10-17-43-18-11-25-52(56(43)51)58(57)60(55)47-21-5-2-6-22-47/h9-40H,1-8H3;1-38H. The van der Waals surface area contributed by atoms with Crippen molar-refractivity contribution in [2.45, 2.75) is 71.6 Å². The molecule has 127 heavy (non-hydrogen) atoms. The van der Waals surface area contributed by atoms with E-state index < -0.39 is 0 Å². The molecule has 4 heteroatoms. The molecule has 4 nitrogen and oxygen atoms in total. The van der Waals surface area contributed by atoms with Gasteiger partial charge in [0.2, 0.25) is 0 Å². The maximum absolute atomic E-state index is 2.54. The van der Waals surface area contributed by atoms with Crippen LogP contribution < -0.4 is 9.80 Å². The first-order valence-corrected chi connectivity index (χ1v) is 44.6. The monoisotopic (exact) mass is 1630 g/mol. The largest absolute Gasteiger partial charge is 0.311 e. The molecule has 0 bridgehead atoms. The first-order valence-electron chi connectivity index (χ1n) is 44.6. The molecule has 0 saturated carbocycles. The Hall–Kier alpha value is -15.4. The number of fused-ring (bicyclic) bond motifs is 14. The van der Waals surface area contributed by atoms with Crippen LogP contribution in [0.3, 0.4) is 0 Å². The van der Waals surface area contributed by atoms with Crippen molar-refractivity contribution in [2.24, 2.45) is 0 Å². The van der Waals surface area contributed by atoms with E-state index in [1.54, 1.807) is 0 Å². The van der Waals surface area contributed by atoms with Gasteiger partial charge in [-0.1, -0.05) is 353 Å². The van der Waals surface area contributed by atoms with E-state index in [0.717, 1.165) is 34.1 Å². The highest BCUT2D eigenvalue weighted by molar-refractivity contribution is 6.24. The van der Waals surface area contributed by atoms with Crippen LogP contribution in [0.1, 0.15) is 77.6 Å². The summed E-state index contributed by atoms with van der Waals surface area (Å²) in [4.78, 5) is 4.76. The number of anilines is 6. The summed E-state index contributed by atoms with van der Waals surface area (Å²) in [5.74, 6) is 0. The third-order valence-electron chi connectivity index (χ3n) is 27.2. The van der Waals surface area contributed by atoms with E-state index in [0.29, 0.717) is 0 Å². The number of benzene rings is 19. The van der Waals surface area contributed by atoms with Crippen molar-refractivity contribution in [3.05, 3.63) is 447 Å². The molecule has 2 aromatic heterocycles. The highest BCUT2D eigenvalue weighted by Gasteiger charge is 2.38. The molecule has 24 rings (SSSR count). The van der Waals surface area contributed by atoms with Crippen LogP contribution in [-0.4, -0.2) is 9.13 Å². The SMILES string of the molecule is CC(C)(C)c1ccc(N(c2ccc(-c3cccc(-c4ccc5c(c4)c4c(n5-c5ccc6c(c5)C(C)(C)c5ccccc5-6)-c5cccc6cccc-4c56)c3)cc2)c2ccc(C(C)(C)C)cc2)cc1.c1ccc(-c2ccc(N(c3ccc(-c4cccc(-c5ccc6c(c5)c5c(n6-c6ccccc6)-c6cccc7cccc-5c67)c4)cc3)c3cccc4ccccc34)cc2)cc1. The van der Waals surface area contributed by atoms with Crippen LogP contribution in [0.5, 0.6) is 0 Å². The number of hydrogen-bond acceptors (Lipinski definition) is 2.